The van der Waals surface area contributed by atoms with Crippen LogP contribution in [0.2, 0.25) is 0 Å². The first-order valence-electron chi connectivity index (χ1n) is 4.25. The molecule has 0 saturated carbocycles. The monoisotopic (exact) mass is 180 g/mol. The van der Waals surface area contributed by atoms with Crippen molar-refractivity contribution in [2.45, 2.75) is 12.6 Å². The Hall–Kier alpha value is -0.900. The summed E-state index contributed by atoms with van der Waals surface area (Å²) in [4.78, 5) is 0. The number of methoxy groups -OCH3 is 1. The molecule has 1 aromatic carbocycles. The summed E-state index contributed by atoms with van der Waals surface area (Å²) in [7, 11) is 1.57. The Morgan fingerprint density at radius 1 is 1.31 bits per heavy atom. The molecule has 0 aliphatic carbocycles. The Kier molecular flexibility index (Phi) is 2.59. The van der Waals surface area contributed by atoms with Crippen LogP contribution < -0.4 is 0 Å². The molecule has 70 valence electrons. The fourth-order valence-electron chi connectivity index (χ4n) is 1.34. The minimum absolute atomic E-state index is 0.00569. The molecule has 1 saturated heterocycles. The second-order valence-corrected chi connectivity index (χ2v) is 2.89. The molecule has 0 N–H and O–H groups in total. The Balaban J connectivity index is 2.04. The van der Waals surface area contributed by atoms with E-state index in [2.05, 4.69) is 0 Å². The SMILES string of the molecule is COC1OC[C@@H](c2ccccc2)O1. The van der Waals surface area contributed by atoms with Crippen molar-refractivity contribution in [1.29, 1.82) is 0 Å². The lowest BCUT2D eigenvalue weighted by atomic mass is 10.1. The van der Waals surface area contributed by atoms with Gasteiger partial charge in [-0.2, -0.15) is 0 Å². The number of hydrogen-bond donors (Lipinski definition) is 0. The average molecular weight is 180 g/mol. The van der Waals surface area contributed by atoms with Crippen LogP contribution in [0.5, 0.6) is 0 Å². The quantitative estimate of drug-likeness (QED) is 0.693. The van der Waals surface area contributed by atoms with E-state index in [4.69, 9.17) is 14.2 Å². The predicted molar refractivity (Wildman–Crippen MR) is 47.0 cm³/mol. The molecule has 3 heteroatoms. The van der Waals surface area contributed by atoms with Gasteiger partial charge in [-0.05, 0) is 5.56 Å². The minimum atomic E-state index is -0.509. The van der Waals surface area contributed by atoms with Crippen molar-refractivity contribution in [3.05, 3.63) is 35.9 Å². The van der Waals surface area contributed by atoms with E-state index in [0.29, 0.717) is 6.61 Å². The third kappa shape index (κ3) is 1.88. The van der Waals surface area contributed by atoms with E-state index in [9.17, 15) is 0 Å². The van der Waals surface area contributed by atoms with Gasteiger partial charge in [0.05, 0.1) is 6.61 Å². The third-order valence-corrected chi connectivity index (χ3v) is 2.02. The average Bonchev–Trinajstić information content (AvgIpc) is 2.67. The van der Waals surface area contributed by atoms with Crippen LogP contribution in [0, 0.1) is 0 Å². The maximum absolute atomic E-state index is 5.45. The first-order valence-corrected chi connectivity index (χ1v) is 4.25. The molecule has 1 heterocycles. The highest BCUT2D eigenvalue weighted by molar-refractivity contribution is 5.17. The Morgan fingerprint density at radius 2 is 2.08 bits per heavy atom. The van der Waals surface area contributed by atoms with Gasteiger partial charge < -0.3 is 14.2 Å². The number of rotatable bonds is 2. The smallest absolute Gasteiger partial charge is 0.272 e. The van der Waals surface area contributed by atoms with Crippen LogP contribution in [0.3, 0.4) is 0 Å². The molecule has 1 fully saturated rings. The lowest BCUT2D eigenvalue weighted by Crippen LogP contribution is -2.09. The zero-order valence-corrected chi connectivity index (χ0v) is 7.47. The normalized spacial score (nSPS) is 27.8. The van der Waals surface area contributed by atoms with Crippen LogP contribution in [-0.4, -0.2) is 20.2 Å². The van der Waals surface area contributed by atoms with Gasteiger partial charge in [0, 0.05) is 7.11 Å². The molecule has 2 rings (SSSR count). The summed E-state index contributed by atoms with van der Waals surface area (Å²) < 4.78 is 15.6. The maximum Gasteiger partial charge on any atom is 0.272 e. The molecule has 0 spiro atoms. The molecule has 1 unspecified atom stereocenters. The van der Waals surface area contributed by atoms with Crippen LogP contribution in [0.25, 0.3) is 0 Å². The van der Waals surface area contributed by atoms with Gasteiger partial charge in [-0.25, -0.2) is 0 Å². The third-order valence-electron chi connectivity index (χ3n) is 2.02. The molecule has 1 aliphatic rings. The Bertz CT molecular complexity index is 260. The maximum atomic E-state index is 5.45. The van der Waals surface area contributed by atoms with Crippen LogP contribution in [0.15, 0.2) is 30.3 Å². The first-order chi connectivity index (χ1) is 6.40. The Morgan fingerprint density at radius 3 is 2.69 bits per heavy atom. The van der Waals surface area contributed by atoms with Crippen LogP contribution in [0.1, 0.15) is 11.7 Å². The first kappa shape index (κ1) is 8.69. The van der Waals surface area contributed by atoms with E-state index in [0.717, 1.165) is 5.56 Å². The van der Waals surface area contributed by atoms with E-state index in [1.54, 1.807) is 7.11 Å². The molecule has 2 atom stereocenters. The van der Waals surface area contributed by atoms with E-state index < -0.39 is 6.48 Å². The van der Waals surface area contributed by atoms with Crippen molar-refractivity contribution >= 4 is 0 Å². The van der Waals surface area contributed by atoms with Gasteiger partial charge in [0.1, 0.15) is 6.10 Å². The van der Waals surface area contributed by atoms with Gasteiger partial charge in [-0.15, -0.1) is 0 Å². The molecular formula is C10H12O3. The lowest BCUT2D eigenvalue weighted by molar-refractivity contribution is -0.223. The van der Waals surface area contributed by atoms with Crippen LogP contribution >= 0.6 is 0 Å². The van der Waals surface area contributed by atoms with E-state index in [1.807, 2.05) is 30.3 Å². The fraction of sp³-hybridized carbons (Fsp3) is 0.400. The number of ether oxygens (including phenoxy) is 3. The molecule has 0 amide bonds. The molecule has 0 radical (unpaired) electrons. The molecule has 3 nitrogen and oxygen atoms in total. The minimum Gasteiger partial charge on any atom is -0.333 e. The summed E-state index contributed by atoms with van der Waals surface area (Å²) in [5.74, 6) is 0. The largest absolute Gasteiger partial charge is 0.333 e. The van der Waals surface area contributed by atoms with Gasteiger partial charge in [0.25, 0.3) is 6.48 Å². The summed E-state index contributed by atoms with van der Waals surface area (Å²) in [5.41, 5.74) is 1.13. The van der Waals surface area contributed by atoms with Crippen molar-refractivity contribution in [1.82, 2.24) is 0 Å². The molecular weight excluding hydrogens is 168 g/mol. The topological polar surface area (TPSA) is 27.7 Å². The standard InChI is InChI=1S/C10H12O3/c1-11-10-12-7-9(13-10)8-5-3-2-4-6-8/h2-6,9-10H,7H2,1H3/t9-,10?/m0/s1. The van der Waals surface area contributed by atoms with Gasteiger partial charge in [-0.1, -0.05) is 30.3 Å². The van der Waals surface area contributed by atoms with Gasteiger partial charge >= 0.3 is 0 Å². The summed E-state index contributed by atoms with van der Waals surface area (Å²) in [6.45, 7) is 0.0490. The van der Waals surface area contributed by atoms with E-state index in [-0.39, 0.29) is 6.10 Å². The fourth-order valence-corrected chi connectivity index (χ4v) is 1.34. The van der Waals surface area contributed by atoms with Crippen molar-refractivity contribution in [3.8, 4) is 0 Å². The van der Waals surface area contributed by atoms with Crippen LogP contribution in [-0.2, 0) is 14.2 Å². The van der Waals surface area contributed by atoms with Gasteiger partial charge in [0.2, 0.25) is 0 Å². The molecule has 0 bridgehead atoms. The second kappa shape index (κ2) is 3.87. The second-order valence-electron chi connectivity index (χ2n) is 2.89. The van der Waals surface area contributed by atoms with Crippen LogP contribution in [0.4, 0.5) is 0 Å². The van der Waals surface area contributed by atoms with Gasteiger partial charge in [-0.3, -0.25) is 0 Å². The predicted octanol–water partition coefficient (Wildman–Crippen LogP) is 1.70. The summed E-state index contributed by atoms with van der Waals surface area (Å²) in [6.07, 6.45) is 0.00569. The van der Waals surface area contributed by atoms with Crippen molar-refractivity contribution in [2.75, 3.05) is 13.7 Å². The van der Waals surface area contributed by atoms with Crippen molar-refractivity contribution in [2.24, 2.45) is 0 Å². The molecule has 0 aromatic heterocycles. The highest BCUT2D eigenvalue weighted by Crippen LogP contribution is 2.25. The summed E-state index contributed by atoms with van der Waals surface area (Å²) in [6, 6.07) is 9.99. The number of hydrogen-bond acceptors (Lipinski definition) is 3. The molecule has 1 aromatic rings. The highest BCUT2D eigenvalue weighted by atomic mass is 16.9. The molecule has 1 aliphatic heterocycles. The van der Waals surface area contributed by atoms with Crippen molar-refractivity contribution < 1.29 is 14.2 Å². The lowest BCUT2D eigenvalue weighted by Gasteiger charge is -2.09. The molecule has 13 heavy (non-hydrogen) atoms. The van der Waals surface area contributed by atoms with E-state index >= 15 is 0 Å². The zero-order chi connectivity index (χ0) is 9.10. The highest BCUT2D eigenvalue weighted by Gasteiger charge is 2.26. The summed E-state index contributed by atoms with van der Waals surface area (Å²) in [5, 5.41) is 0. The van der Waals surface area contributed by atoms with Crippen molar-refractivity contribution in [3.63, 3.8) is 0 Å². The summed E-state index contributed by atoms with van der Waals surface area (Å²) >= 11 is 0. The number of benzene rings is 1. The Labute approximate surface area is 77.2 Å². The van der Waals surface area contributed by atoms with Gasteiger partial charge in [0.15, 0.2) is 0 Å². The van der Waals surface area contributed by atoms with E-state index in [1.165, 1.54) is 0 Å². The zero-order valence-electron chi connectivity index (χ0n) is 7.47.